The lowest BCUT2D eigenvalue weighted by Gasteiger charge is -2.20. The van der Waals surface area contributed by atoms with Crippen LogP contribution in [0.25, 0.3) is 0 Å². The standard InChI is InChI=1S/C11H14O3/c1-8-5-10-11(14-4-3-13-10)6-9(8)7-12-2/h5-6H,3-4,7H2,1-2H3. The molecule has 0 fully saturated rings. The van der Waals surface area contributed by atoms with Gasteiger partial charge in [-0.05, 0) is 30.2 Å². The molecule has 2 rings (SSSR count). The lowest BCUT2D eigenvalue weighted by atomic mass is 10.1. The Bertz CT molecular complexity index is 334. The zero-order chi connectivity index (χ0) is 9.97. The van der Waals surface area contributed by atoms with Crippen molar-refractivity contribution in [3.8, 4) is 11.5 Å². The largest absolute Gasteiger partial charge is 0.486 e. The first-order valence-electron chi connectivity index (χ1n) is 4.69. The van der Waals surface area contributed by atoms with E-state index in [0.29, 0.717) is 19.8 Å². The van der Waals surface area contributed by atoms with Gasteiger partial charge in [0.15, 0.2) is 11.5 Å². The Morgan fingerprint density at radius 2 is 1.86 bits per heavy atom. The zero-order valence-electron chi connectivity index (χ0n) is 8.50. The Morgan fingerprint density at radius 3 is 2.50 bits per heavy atom. The number of methoxy groups -OCH3 is 1. The van der Waals surface area contributed by atoms with Gasteiger partial charge in [0.1, 0.15) is 13.2 Å². The minimum absolute atomic E-state index is 0.614. The lowest BCUT2D eigenvalue weighted by molar-refractivity contribution is 0.167. The van der Waals surface area contributed by atoms with Crippen molar-refractivity contribution in [2.75, 3.05) is 20.3 Å². The van der Waals surface area contributed by atoms with Gasteiger partial charge in [-0.1, -0.05) is 0 Å². The van der Waals surface area contributed by atoms with E-state index in [1.165, 1.54) is 5.56 Å². The topological polar surface area (TPSA) is 27.7 Å². The Balaban J connectivity index is 2.35. The summed E-state index contributed by atoms with van der Waals surface area (Å²) >= 11 is 0. The van der Waals surface area contributed by atoms with Crippen molar-refractivity contribution in [3.63, 3.8) is 0 Å². The number of ether oxygens (including phenoxy) is 3. The molecule has 1 aliphatic rings. The molecule has 0 atom stereocenters. The van der Waals surface area contributed by atoms with Crippen LogP contribution < -0.4 is 9.47 Å². The number of fused-ring (bicyclic) bond motifs is 1. The maximum absolute atomic E-state index is 5.48. The fraction of sp³-hybridized carbons (Fsp3) is 0.455. The van der Waals surface area contributed by atoms with E-state index in [1.807, 2.05) is 19.1 Å². The molecule has 0 spiro atoms. The van der Waals surface area contributed by atoms with Crippen LogP contribution in [0.5, 0.6) is 11.5 Å². The summed E-state index contributed by atoms with van der Waals surface area (Å²) in [5.41, 5.74) is 2.33. The third-order valence-corrected chi connectivity index (χ3v) is 2.30. The Kier molecular flexibility index (Phi) is 2.59. The van der Waals surface area contributed by atoms with Crippen LogP contribution in [-0.4, -0.2) is 20.3 Å². The summed E-state index contributed by atoms with van der Waals surface area (Å²) in [4.78, 5) is 0. The van der Waals surface area contributed by atoms with Gasteiger partial charge in [0.2, 0.25) is 0 Å². The van der Waals surface area contributed by atoms with Crippen LogP contribution in [-0.2, 0) is 11.3 Å². The maximum Gasteiger partial charge on any atom is 0.161 e. The summed E-state index contributed by atoms with van der Waals surface area (Å²) in [6.45, 7) is 3.92. The van der Waals surface area contributed by atoms with E-state index >= 15 is 0 Å². The van der Waals surface area contributed by atoms with Gasteiger partial charge < -0.3 is 14.2 Å². The van der Waals surface area contributed by atoms with Gasteiger partial charge >= 0.3 is 0 Å². The zero-order valence-corrected chi connectivity index (χ0v) is 8.50. The van der Waals surface area contributed by atoms with Crippen molar-refractivity contribution in [2.45, 2.75) is 13.5 Å². The quantitative estimate of drug-likeness (QED) is 0.719. The van der Waals surface area contributed by atoms with Crippen LogP contribution in [0.2, 0.25) is 0 Å². The summed E-state index contributed by atoms with van der Waals surface area (Å²) < 4.78 is 16.1. The third kappa shape index (κ3) is 1.68. The first-order valence-corrected chi connectivity index (χ1v) is 4.69. The predicted octanol–water partition coefficient (Wildman–Crippen LogP) is 1.91. The molecule has 0 radical (unpaired) electrons. The molecule has 3 heteroatoms. The van der Waals surface area contributed by atoms with Gasteiger partial charge in [0.25, 0.3) is 0 Å². The summed E-state index contributed by atoms with van der Waals surface area (Å²) in [7, 11) is 1.69. The average Bonchev–Trinajstić information content (AvgIpc) is 2.19. The van der Waals surface area contributed by atoms with Crippen LogP contribution in [0.15, 0.2) is 12.1 Å². The highest BCUT2D eigenvalue weighted by molar-refractivity contribution is 5.47. The molecule has 1 aliphatic heterocycles. The van der Waals surface area contributed by atoms with Crippen molar-refractivity contribution >= 4 is 0 Å². The number of benzene rings is 1. The molecule has 0 saturated heterocycles. The predicted molar refractivity (Wildman–Crippen MR) is 52.9 cm³/mol. The second-order valence-corrected chi connectivity index (χ2v) is 3.36. The molecule has 1 aromatic carbocycles. The second kappa shape index (κ2) is 3.88. The highest BCUT2D eigenvalue weighted by Gasteiger charge is 2.13. The summed E-state index contributed by atoms with van der Waals surface area (Å²) in [6.07, 6.45) is 0. The minimum atomic E-state index is 0.614. The molecule has 0 aromatic heterocycles. The summed E-state index contributed by atoms with van der Waals surface area (Å²) in [5.74, 6) is 1.67. The summed E-state index contributed by atoms with van der Waals surface area (Å²) in [6, 6.07) is 4.00. The molecule has 1 heterocycles. The lowest BCUT2D eigenvalue weighted by Crippen LogP contribution is -2.15. The van der Waals surface area contributed by atoms with Crippen molar-refractivity contribution < 1.29 is 14.2 Å². The fourth-order valence-electron chi connectivity index (χ4n) is 1.54. The van der Waals surface area contributed by atoms with Gasteiger partial charge in [0, 0.05) is 7.11 Å². The van der Waals surface area contributed by atoms with Crippen LogP contribution in [0.1, 0.15) is 11.1 Å². The van der Waals surface area contributed by atoms with E-state index in [9.17, 15) is 0 Å². The molecular formula is C11H14O3. The highest BCUT2D eigenvalue weighted by Crippen LogP contribution is 2.33. The number of hydrogen-bond donors (Lipinski definition) is 0. The first-order chi connectivity index (χ1) is 6.81. The monoisotopic (exact) mass is 194 g/mol. The van der Waals surface area contributed by atoms with E-state index in [0.717, 1.165) is 17.1 Å². The fourth-order valence-corrected chi connectivity index (χ4v) is 1.54. The number of aryl methyl sites for hydroxylation is 1. The van der Waals surface area contributed by atoms with E-state index < -0.39 is 0 Å². The number of rotatable bonds is 2. The van der Waals surface area contributed by atoms with Crippen molar-refractivity contribution in [1.82, 2.24) is 0 Å². The third-order valence-electron chi connectivity index (χ3n) is 2.30. The molecule has 1 aromatic rings. The van der Waals surface area contributed by atoms with Crippen LogP contribution >= 0.6 is 0 Å². The SMILES string of the molecule is COCc1cc2c(cc1C)OCCO2. The summed E-state index contributed by atoms with van der Waals surface area (Å²) in [5, 5.41) is 0. The molecule has 0 bridgehead atoms. The van der Waals surface area contributed by atoms with E-state index in [-0.39, 0.29) is 0 Å². The molecule has 0 unspecified atom stereocenters. The Labute approximate surface area is 83.6 Å². The first kappa shape index (κ1) is 9.34. The van der Waals surface area contributed by atoms with E-state index in [1.54, 1.807) is 7.11 Å². The maximum atomic E-state index is 5.48. The highest BCUT2D eigenvalue weighted by atomic mass is 16.6. The van der Waals surface area contributed by atoms with Crippen molar-refractivity contribution in [1.29, 1.82) is 0 Å². The molecular weight excluding hydrogens is 180 g/mol. The van der Waals surface area contributed by atoms with Gasteiger partial charge in [-0.3, -0.25) is 0 Å². The molecule has 0 N–H and O–H groups in total. The minimum Gasteiger partial charge on any atom is -0.486 e. The van der Waals surface area contributed by atoms with Gasteiger partial charge in [0.05, 0.1) is 6.61 Å². The molecule has 3 nitrogen and oxygen atoms in total. The molecule has 0 aliphatic carbocycles. The smallest absolute Gasteiger partial charge is 0.161 e. The molecule has 14 heavy (non-hydrogen) atoms. The van der Waals surface area contributed by atoms with Gasteiger partial charge in [-0.15, -0.1) is 0 Å². The van der Waals surface area contributed by atoms with Crippen LogP contribution in [0, 0.1) is 6.92 Å². The normalized spacial score (nSPS) is 14.1. The molecule has 76 valence electrons. The van der Waals surface area contributed by atoms with Gasteiger partial charge in [-0.2, -0.15) is 0 Å². The van der Waals surface area contributed by atoms with Crippen molar-refractivity contribution in [3.05, 3.63) is 23.3 Å². The Hall–Kier alpha value is -1.22. The second-order valence-electron chi connectivity index (χ2n) is 3.36. The molecule has 0 amide bonds. The van der Waals surface area contributed by atoms with E-state index in [4.69, 9.17) is 14.2 Å². The number of hydrogen-bond acceptors (Lipinski definition) is 3. The van der Waals surface area contributed by atoms with Crippen LogP contribution in [0.3, 0.4) is 0 Å². The van der Waals surface area contributed by atoms with E-state index in [2.05, 4.69) is 0 Å². The molecule has 0 saturated carbocycles. The van der Waals surface area contributed by atoms with Crippen molar-refractivity contribution in [2.24, 2.45) is 0 Å². The van der Waals surface area contributed by atoms with Gasteiger partial charge in [-0.25, -0.2) is 0 Å². The van der Waals surface area contributed by atoms with Crippen LogP contribution in [0.4, 0.5) is 0 Å². The Morgan fingerprint density at radius 1 is 1.21 bits per heavy atom. The average molecular weight is 194 g/mol.